The second-order valence-corrected chi connectivity index (χ2v) is 7.14. The van der Waals surface area contributed by atoms with Crippen molar-refractivity contribution in [2.24, 2.45) is 0 Å². The third-order valence-electron chi connectivity index (χ3n) is 4.15. The Bertz CT molecular complexity index is 1120. The average molecular weight is 408 g/mol. The molecule has 0 bridgehead atoms. The minimum Gasteiger partial charge on any atom is -0.481 e. The van der Waals surface area contributed by atoms with Gasteiger partial charge in [-0.05, 0) is 12.1 Å². The number of para-hydroxylation sites is 1. The van der Waals surface area contributed by atoms with Crippen molar-refractivity contribution < 1.29 is 32.6 Å². The van der Waals surface area contributed by atoms with Gasteiger partial charge in [0.2, 0.25) is 0 Å². The zero-order chi connectivity index (χ0) is 20.0. The molecule has 2 heterocycles. The summed E-state index contributed by atoms with van der Waals surface area (Å²) < 4.78 is 46.9. The first-order valence-electron chi connectivity index (χ1n) is 8.06. The number of aromatic nitrogens is 1. The first-order valence-corrected chi connectivity index (χ1v) is 8.88. The van der Waals surface area contributed by atoms with Crippen LogP contribution in [0.15, 0.2) is 30.3 Å². The van der Waals surface area contributed by atoms with Gasteiger partial charge in [0.05, 0.1) is 28.9 Å². The van der Waals surface area contributed by atoms with Gasteiger partial charge in [-0.25, -0.2) is 18.2 Å². The predicted octanol–water partition coefficient (Wildman–Crippen LogP) is 3.48. The molecule has 3 aromatic rings. The van der Waals surface area contributed by atoms with E-state index >= 15 is 0 Å². The molecule has 144 valence electrons. The van der Waals surface area contributed by atoms with E-state index in [1.807, 2.05) is 0 Å². The lowest BCUT2D eigenvalue weighted by molar-refractivity contribution is -0.142. The molecule has 0 saturated carbocycles. The molecule has 1 aliphatic rings. The van der Waals surface area contributed by atoms with Crippen LogP contribution in [0, 0.1) is 17.5 Å². The molecule has 1 N–H and O–H groups in total. The number of halogens is 3. The van der Waals surface area contributed by atoms with E-state index in [0.717, 1.165) is 34.4 Å². The summed E-state index contributed by atoms with van der Waals surface area (Å²) in [5.41, 5.74) is 0.206. The van der Waals surface area contributed by atoms with Crippen molar-refractivity contribution in [3.8, 4) is 5.75 Å². The van der Waals surface area contributed by atoms with Crippen molar-refractivity contribution in [3.63, 3.8) is 0 Å². The number of rotatable bonds is 4. The first-order chi connectivity index (χ1) is 13.3. The summed E-state index contributed by atoms with van der Waals surface area (Å²) in [7, 11) is 0. The highest BCUT2D eigenvalue weighted by Crippen LogP contribution is 2.38. The zero-order valence-corrected chi connectivity index (χ0v) is 14.8. The third-order valence-corrected chi connectivity index (χ3v) is 5.21. The molecule has 0 fully saturated rings. The second kappa shape index (κ2) is 6.79. The fraction of sp³-hybridized carbons (Fsp3) is 0.167. The summed E-state index contributed by atoms with van der Waals surface area (Å²) in [4.78, 5) is 29.0. The SMILES string of the molecule is O=C(O)CC1Oc2c(F)cccc2N(Cc2nc3cc(F)cc(F)c3s2)C1=O. The number of aliphatic carboxylic acids is 1. The minimum absolute atomic E-state index is 0.0970. The maximum Gasteiger partial charge on any atom is 0.307 e. The van der Waals surface area contributed by atoms with Crippen molar-refractivity contribution in [3.05, 3.63) is 52.8 Å². The average Bonchev–Trinajstić information content (AvgIpc) is 3.02. The zero-order valence-electron chi connectivity index (χ0n) is 14.0. The van der Waals surface area contributed by atoms with E-state index in [2.05, 4.69) is 4.98 Å². The lowest BCUT2D eigenvalue weighted by Crippen LogP contribution is -2.46. The number of hydrogen-bond acceptors (Lipinski definition) is 5. The standard InChI is InChI=1S/C18H11F3N2O4S/c19-8-4-10(21)17-11(5-8)22-14(28-17)7-23-12-3-1-2-9(20)16(12)27-13(18(23)26)6-15(24)25/h1-5,13H,6-7H2,(H,24,25). The van der Waals surface area contributed by atoms with Crippen molar-refractivity contribution in [2.45, 2.75) is 19.1 Å². The fourth-order valence-electron chi connectivity index (χ4n) is 2.97. The number of fused-ring (bicyclic) bond motifs is 2. The van der Waals surface area contributed by atoms with E-state index < -0.39 is 41.9 Å². The predicted molar refractivity (Wildman–Crippen MR) is 93.8 cm³/mol. The van der Waals surface area contributed by atoms with Gasteiger partial charge in [-0.3, -0.25) is 14.5 Å². The van der Waals surface area contributed by atoms with Crippen LogP contribution in [-0.2, 0) is 16.1 Å². The Hall–Kier alpha value is -3.14. The molecule has 1 aromatic heterocycles. The van der Waals surface area contributed by atoms with Crippen LogP contribution in [0.25, 0.3) is 10.2 Å². The molecule has 0 spiro atoms. The Kier molecular flexibility index (Phi) is 4.42. The van der Waals surface area contributed by atoms with Gasteiger partial charge >= 0.3 is 5.97 Å². The van der Waals surface area contributed by atoms with Gasteiger partial charge in [0.15, 0.2) is 17.7 Å². The summed E-state index contributed by atoms with van der Waals surface area (Å²) in [6, 6.07) is 5.75. The number of carbonyl (C=O) groups is 2. The van der Waals surface area contributed by atoms with Gasteiger partial charge in [-0.15, -0.1) is 11.3 Å². The molecule has 6 nitrogen and oxygen atoms in total. The van der Waals surface area contributed by atoms with Crippen LogP contribution in [0.2, 0.25) is 0 Å². The molecular formula is C18H11F3N2O4S. The Morgan fingerprint density at radius 1 is 1.25 bits per heavy atom. The van der Waals surface area contributed by atoms with Gasteiger partial charge in [0.25, 0.3) is 5.91 Å². The highest BCUT2D eigenvalue weighted by atomic mass is 32.1. The van der Waals surface area contributed by atoms with E-state index in [1.54, 1.807) is 0 Å². The molecule has 1 amide bonds. The molecule has 2 aromatic carbocycles. The molecule has 0 aliphatic carbocycles. The number of carbonyl (C=O) groups excluding carboxylic acids is 1. The largest absolute Gasteiger partial charge is 0.481 e. The Morgan fingerprint density at radius 3 is 2.79 bits per heavy atom. The second-order valence-electron chi connectivity index (χ2n) is 6.06. The van der Waals surface area contributed by atoms with Gasteiger partial charge in [0.1, 0.15) is 16.6 Å². The molecule has 28 heavy (non-hydrogen) atoms. The van der Waals surface area contributed by atoms with Crippen molar-refractivity contribution >= 4 is 39.1 Å². The normalized spacial score (nSPS) is 16.2. The maximum absolute atomic E-state index is 14.2. The topological polar surface area (TPSA) is 79.7 Å². The van der Waals surface area contributed by atoms with Crippen molar-refractivity contribution in [1.82, 2.24) is 4.98 Å². The van der Waals surface area contributed by atoms with Crippen molar-refractivity contribution in [2.75, 3.05) is 4.90 Å². The number of anilines is 1. The van der Waals surface area contributed by atoms with Gasteiger partial charge < -0.3 is 9.84 Å². The monoisotopic (exact) mass is 408 g/mol. The van der Waals surface area contributed by atoms with Crippen LogP contribution in [0.4, 0.5) is 18.9 Å². The fourth-order valence-corrected chi connectivity index (χ4v) is 3.91. The van der Waals surface area contributed by atoms with E-state index in [4.69, 9.17) is 9.84 Å². The number of nitrogens with zero attached hydrogens (tertiary/aromatic N) is 2. The van der Waals surface area contributed by atoms with Crippen LogP contribution in [0.3, 0.4) is 0 Å². The first kappa shape index (κ1) is 18.2. The molecular weight excluding hydrogens is 397 g/mol. The summed E-state index contributed by atoms with van der Waals surface area (Å²) >= 11 is 0.925. The molecule has 1 atom stereocenters. The lowest BCUT2D eigenvalue weighted by Gasteiger charge is -2.33. The number of hydrogen-bond donors (Lipinski definition) is 1. The number of benzene rings is 2. The van der Waals surface area contributed by atoms with Gasteiger partial charge in [0, 0.05) is 12.1 Å². The number of amides is 1. The highest BCUT2D eigenvalue weighted by molar-refractivity contribution is 7.18. The van der Waals surface area contributed by atoms with E-state index in [1.165, 1.54) is 12.1 Å². The smallest absolute Gasteiger partial charge is 0.307 e. The summed E-state index contributed by atoms with van der Waals surface area (Å²) in [6.45, 7) is -0.171. The summed E-state index contributed by atoms with van der Waals surface area (Å²) in [6.07, 6.45) is -2.06. The lowest BCUT2D eigenvalue weighted by atomic mass is 10.1. The molecule has 10 heteroatoms. The van der Waals surface area contributed by atoms with Crippen LogP contribution in [0.5, 0.6) is 5.75 Å². The van der Waals surface area contributed by atoms with Crippen LogP contribution >= 0.6 is 11.3 Å². The maximum atomic E-state index is 14.2. The number of carboxylic acid groups (broad SMARTS) is 1. The molecule has 0 saturated heterocycles. The number of thiazole rings is 1. The van der Waals surface area contributed by atoms with Crippen molar-refractivity contribution in [1.29, 1.82) is 0 Å². The van der Waals surface area contributed by atoms with Crippen LogP contribution < -0.4 is 9.64 Å². The molecule has 0 radical (unpaired) electrons. The Labute approximate surface area is 159 Å². The van der Waals surface area contributed by atoms with Crippen LogP contribution in [0.1, 0.15) is 11.4 Å². The van der Waals surface area contributed by atoms with Gasteiger partial charge in [-0.2, -0.15) is 0 Å². The summed E-state index contributed by atoms with van der Waals surface area (Å²) in [5.74, 6) is -4.52. The summed E-state index contributed by atoms with van der Waals surface area (Å²) in [5, 5.41) is 9.27. The molecule has 1 unspecified atom stereocenters. The quantitative estimate of drug-likeness (QED) is 0.715. The van der Waals surface area contributed by atoms with E-state index in [0.29, 0.717) is 0 Å². The highest BCUT2D eigenvalue weighted by Gasteiger charge is 2.37. The number of ether oxygens (including phenoxy) is 1. The minimum atomic E-state index is -1.41. The molecule has 4 rings (SSSR count). The third kappa shape index (κ3) is 3.15. The number of carboxylic acids is 1. The van der Waals surface area contributed by atoms with Crippen LogP contribution in [-0.4, -0.2) is 28.1 Å². The molecule has 1 aliphatic heterocycles. The Balaban J connectivity index is 1.75. The van der Waals surface area contributed by atoms with Gasteiger partial charge in [-0.1, -0.05) is 6.07 Å². The Morgan fingerprint density at radius 2 is 2.04 bits per heavy atom. The van der Waals surface area contributed by atoms with E-state index in [-0.39, 0.29) is 33.2 Å². The van der Waals surface area contributed by atoms with E-state index in [9.17, 15) is 22.8 Å².